The Hall–Kier alpha value is -3.62. The zero-order chi connectivity index (χ0) is 25.6. The first-order valence-corrected chi connectivity index (χ1v) is 12.8. The van der Waals surface area contributed by atoms with Crippen molar-refractivity contribution in [2.24, 2.45) is 5.16 Å². The number of nitrogens with two attached hydrogens (primary N) is 1. The summed E-state index contributed by atoms with van der Waals surface area (Å²) in [5.41, 5.74) is 6.82. The predicted octanol–water partition coefficient (Wildman–Crippen LogP) is -0.626. The van der Waals surface area contributed by atoms with Crippen LogP contribution >= 0.6 is 34.7 Å². The van der Waals surface area contributed by atoms with E-state index in [4.69, 9.17) is 22.2 Å². The Balaban J connectivity index is 1.37. The number of nitrogens with zero attached hydrogens (tertiary/aromatic N) is 5. The fraction of sp³-hybridized carbons (Fsp3) is 0.238. The fourth-order valence-electron chi connectivity index (χ4n) is 4.11. The number of β-lactam (4-membered cyclic amide) rings is 1. The molecule has 36 heavy (non-hydrogen) atoms. The number of aliphatic carboxylic acids is 1. The number of carbonyl (C=O) groups is 3. The van der Waals surface area contributed by atoms with Crippen molar-refractivity contribution < 1.29 is 28.9 Å². The molecule has 5 heterocycles. The van der Waals surface area contributed by atoms with Crippen molar-refractivity contribution >= 4 is 69.0 Å². The van der Waals surface area contributed by atoms with Gasteiger partial charge < -0.3 is 25.8 Å². The van der Waals surface area contributed by atoms with Gasteiger partial charge in [-0.3, -0.25) is 14.5 Å². The van der Waals surface area contributed by atoms with Gasteiger partial charge in [-0.25, -0.2) is 14.0 Å². The summed E-state index contributed by atoms with van der Waals surface area (Å²) < 4.78 is 3.67. The molecule has 0 aromatic carbocycles. The highest BCUT2D eigenvalue weighted by molar-refractivity contribution is 8.00. The number of nitrogen functional groups attached to an aromatic ring is 1. The summed E-state index contributed by atoms with van der Waals surface area (Å²) in [5, 5.41) is 20.2. The lowest BCUT2D eigenvalue weighted by Gasteiger charge is -2.50. The maximum atomic E-state index is 13.0. The normalized spacial score (nSPS) is 19.8. The highest BCUT2D eigenvalue weighted by Gasteiger charge is 2.53. The summed E-state index contributed by atoms with van der Waals surface area (Å²) in [6, 6.07) is 2.59. The summed E-state index contributed by atoms with van der Waals surface area (Å²) in [6.45, 7) is 0.234. The summed E-state index contributed by atoms with van der Waals surface area (Å²) in [6.07, 6.45) is 5.33. The number of anilines is 1. The molecular formula is C21H18ClN7O5S2. The van der Waals surface area contributed by atoms with Gasteiger partial charge in [0.25, 0.3) is 17.5 Å². The van der Waals surface area contributed by atoms with E-state index in [1.54, 1.807) is 24.7 Å². The molecule has 3 aromatic rings. The number of thioether (sulfide) groups is 1. The van der Waals surface area contributed by atoms with Gasteiger partial charge >= 0.3 is 0 Å². The molecule has 2 aliphatic rings. The Bertz CT molecular complexity index is 1470. The Kier molecular flexibility index (Phi) is 6.32. The van der Waals surface area contributed by atoms with Gasteiger partial charge in [-0.05, 0) is 6.07 Å². The molecule has 0 aliphatic carbocycles. The number of fused-ring (bicyclic) bond motifs is 2. The molecule has 0 spiro atoms. The van der Waals surface area contributed by atoms with Gasteiger partial charge in [0, 0.05) is 22.8 Å². The topological polar surface area (TPSA) is 158 Å². The first-order chi connectivity index (χ1) is 17.3. The van der Waals surface area contributed by atoms with Crippen LogP contribution in [-0.4, -0.2) is 62.1 Å². The minimum Gasteiger partial charge on any atom is -0.543 e. The largest absolute Gasteiger partial charge is 0.543 e. The number of pyridine rings is 1. The second kappa shape index (κ2) is 9.44. The highest BCUT2D eigenvalue weighted by Crippen LogP contribution is 2.40. The number of carbonyl (C=O) groups excluding carboxylic acids is 3. The van der Waals surface area contributed by atoms with Crippen LogP contribution in [0.2, 0.25) is 5.02 Å². The minimum absolute atomic E-state index is 0.147. The van der Waals surface area contributed by atoms with E-state index in [0.717, 1.165) is 21.9 Å². The molecule has 2 aliphatic heterocycles. The zero-order valence-electron chi connectivity index (χ0n) is 18.6. The predicted molar refractivity (Wildman–Crippen MR) is 130 cm³/mol. The van der Waals surface area contributed by atoms with Gasteiger partial charge in [0.15, 0.2) is 10.8 Å². The first kappa shape index (κ1) is 24.1. The van der Waals surface area contributed by atoms with Crippen LogP contribution in [0, 0.1) is 0 Å². The number of halogens is 1. The molecule has 15 heteroatoms. The molecule has 0 saturated carbocycles. The van der Waals surface area contributed by atoms with Gasteiger partial charge in [-0.2, -0.15) is 0 Å². The van der Waals surface area contributed by atoms with E-state index in [0.29, 0.717) is 16.3 Å². The van der Waals surface area contributed by atoms with E-state index in [2.05, 4.69) is 15.5 Å². The van der Waals surface area contributed by atoms with Gasteiger partial charge in [0.2, 0.25) is 0 Å². The van der Waals surface area contributed by atoms with E-state index in [9.17, 15) is 19.5 Å². The average Bonchev–Trinajstić information content (AvgIpc) is 3.45. The van der Waals surface area contributed by atoms with Crippen LogP contribution in [-0.2, 0) is 25.8 Å². The Labute approximate surface area is 217 Å². The lowest BCUT2D eigenvalue weighted by Crippen LogP contribution is -2.71. The van der Waals surface area contributed by atoms with E-state index in [1.807, 2.05) is 15.0 Å². The molecule has 3 N–H and O–H groups in total. The van der Waals surface area contributed by atoms with Gasteiger partial charge in [-0.15, -0.1) is 23.1 Å². The molecule has 186 valence electrons. The molecule has 0 bridgehead atoms. The van der Waals surface area contributed by atoms with Crippen LogP contribution in [0.25, 0.3) is 5.65 Å². The van der Waals surface area contributed by atoms with Crippen molar-refractivity contribution in [1.29, 1.82) is 0 Å². The Morgan fingerprint density at radius 1 is 1.44 bits per heavy atom. The highest BCUT2D eigenvalue weighted by atomic mass is 35.5. The molecule has 12 nitrogen and oxygen atoms in total. The summed E-state index contributed by atoms with van der Waals surface area (Å²) in [5.74, 6) is -2.39. The summed E-state index contributed by atoms with van der Waals surface area (Å²) in [4.78, 5) is 47.9. The van der Waals surface area contributed by atoms with E-state index in [1.165, 1.54) is 24.3 Å². The number of hydrogen-bond acceptors (Lipinski definition) is 10. The number of imidazole rings is 1. The molecule has 0 radical (unpaired) electrons. The molecule has 1 saturated heterocycles. The maximum absolute atomic E-state index is 13.0. The number of oxime groups is 1. The number of aromatic nitrogens is 3. The molecule has 1 fully saturated rings. The number of hydrogen-bond donors (Lipinski definition) is 2. The van der Waals surface area contributed by atoms with Crippen LogP contribution in [0.15, 0.2) is 52.5 Å². The Morgan fingerprint density at radius 3 is 2.94 bits per heavy atom. The van der Waals surface area contributed by atoms with Crippen molar-refractivity contribution in [2.45, 2.75) is 18.0 Å². The number of nitrogens with one attached hydrogen (secondary N) is 1. The minimum atomic E-state index is -1.46. The molecule has 3 aromatic heterocycles. The van der Waals surface area contributed by atoms with E-state index >= 15 is 0 Å². The molecule has 5 rings (SSSR count). The smallest absolute Gasteiger partial charge is 0.286 e. The van der Waals surface area contributed by atoms with Crippen LogP contribution in [0.3, 0.4) is 0 Å². The number of rotatable bonds is 7. The van der Waals surface area contributed by atoms with Crippen molar-refractivity contribution in [3.8, 4) is 0 Å². The SMILES string of the molecule is CO/N=C(\C(=O)N[C@@H]1C(=O)N2C(C(=O)[O-])=C(C[n+]3ccn4cc(Cl)ccc43)CS[C@@H]12)c1csc(N)n1. The third-order valence-electron chi connectivity index (χ3n) is 5.67. The van der Waals surface area contributed by atoms with Crippen LogP contribution in [0.5, 0.6) is 0 Å². The number of amides is 2. The summed E-state index contributed by atoms with van der Waals surface area (Å²) >= 11 is 8.51. The van der Waals surface area contributed by atoms with E-state index < -0.39 is 29.2 Å². The molecule has 0 unspecified atom stereocenters. The standard InChI is InChI=1S/C21H18ClN7O5S2/c1-34-26-14(12-9-36-21(23)24-12)17(30)25-15-18(31)29-16(20(32)33)10(8-35-19(15)29)6-27-4-5-28-7-11(22)2-3-13(27)28/h2-5,7,9,15,19H,6,8H2,1H3,(H3-,23,24,25,30,32,33)/b26-14-/t15-,19+/m1/s1. The monoisotopic (exact) mass is 547 g/mol. The second-order valence-electron chi connectivity index (χ2n) is 7.83. The van der Waals surface area contributed by atoms with Gasteiger partial charge in [0.05, 0.1) is 16.7 Å². The Morgan fingerprint density at radius 2 is 2.25 bits per heavy atom. The van der Waals surface area contributed by atoms with Crippen LogP contribution in [0.1, 0.15) is 5.69 Å². The number of carboxylic acid groups (broad SMARTS) is 1. The van der Waals surface area contributed by atoms with Gasteiger partial charge in [-0.1, -0.05) is 16.8 Å². The number of carboxylic acids is 1. The molecule has 2 atom stereocenters. The van der Waals surface area contributed by atoms with Crippen LogP contribution < -0.4 is 20.7 Å². The zero-order valence-corrected chi connectivity index (χ0v) is 21.0. The first-order valence-electron chi connectivity index (χ1n) is 10.5. The lowest BCUT2D eigenvalue weighted by molar-refractivity contribution is -0.662. The third kappa shape index (κ3) is 4.16. The van der Waals surface area contributed by atoms with Crippen molar-refractivity contribution in [3.05, 3.63) is 58.1 Å². The average molecular weight is 548 g/mol. The summed E-state index contributed by atoms with van der Waals surface area (Å²) in [7, 11) is 1.27. The number of thiazole rings is 1. The van der Waals surface area contributed by atoms with Crippen molar-refractivity contribution in [1.82, 2.24) is 19.6 Å². The lowest BCUT2D eigenvalue weighted by atomic mass is 10.0. The molecular weight excluding hydrogens is 530 g/mol. The third-order valence-corrected chi connectivity index (χ3v) is 7.91. The van der Waals surface area contributed by atoms with Gasteiger partial charge in [0.1, 0.15) is 49.4 Å². The fourth-order valence-corrected chi connectivity index (χ4v) is 6.16. The maximum Gasteiger partial charge on any atom is 0.286 e. The second-order valence-corrected chi connectivity index (χ2v) is 10.3. The van der Waals surface area contributed by atoms with Crippen molar-refractivity contribution in [2.75, 3.05) is 18.6 Å². The van der Waals surface area contributed by atoms with Crippen LogP contribution in [0.4, 0.5) is 5.13 Å². The van der Waals surface area contributed by atoms with E-state index in [-0.39, 0.29) is 28.8 Å². The van der Waals surface area contributed by atoms with Crippen molar-refractivity contribution in [3.63, 3.8) is 0 Å². The quantitative estimate of drug-likeness (QED) is 0.171. The molecule has 2 amide bonds.